The molecule has 2 nitrogen and oxygen atoms in total. The Morgan fingerprint density at radius 2 is 1.95 bits per heavy atom. The lowest BCUT2D eigenvalue weighted by atomic mass is 9.85. The van der Waals surface area contributed by atoms with Crippen LogP contribution < -0.4 is 4.52 Å². The molecule has 108 valence electrons. The maximum absolute atomic E-state index is 13.8. The quantitative estimate of drug-likeness (QED) is 0.494. The molecule has 0 aliphatic heterocycles. The molecule has 1 unspecified atom stereocenters. The Balaban J connectivity index is 2.82. The third kappa shape index (κ3) is 5.08. The van der Waals surface area contributed by atoms with Gasteiger partial charge in [0.1, 0.15) is 5.75 Å². The van der Waals surface area contributed by atoms with Crippen LogP contribution in [0, 0.1) is 6.92 Å². The topological polar surface area (TPSA) is 18.5 Å². The molecule has 4 heteroatoms. The molecular formula is C15H24FO2P. The maximum Gasteiger partial charge on any atom is 0.439 e. The molecule has 1 atom stereocenters. The van der Waals surface area contributed by atoms with E-state index in [0.29, 0.717) is 12.4 Å². The number of unbranched alkanes of at least 4 members (excludes halogenated alkanes) is 1. The summed E-state index contributed by atoms with van der Waals surface area (Å²) < 4.78 is 24.3. The number of benzene rings is 1. The summed E-state index contributed by atoms with van der Waals surface area (Å²) in [6, 6.07) is 5.89. The number of hydrogen-bond acceptors (Lipinski definition) is 2. The summed E-state index contributed by atoms with van der Waals surface area (Å²) in [4.78, 5) is 0. The molecule has 0 saturated heterocycles. The molecule has 0 N–H and O–H groups in total. The van der Waals surface area contributed by atoms with Gasteiger partial charge in [-0.05, 0) is 24.3 Å². The lowest BCUT2D eigenvalue weighted by molar-refractivity contribution is 0.280. The van der Waals surface area contributed by atoms with Crippen LogP contribution in [0.25, 0.3) is 0 Å². The van der Waals surface area contributed by atoms with E-state index in [-0.39, 0.29) is 5.41 Å². The fourth-order valence-corrected chi connectivity index (χ4v) is 2.45. The van der Waals surface area contributed by atoms with Crippen molar-refractivity contribution in [2.75, 3.05) is 6.61 Å². The first kappa shape index (κ1) is 16.4. The van der Waals surface area contributed by atoms with Crippen molar-refractivity contribution in [2.45, 2.75) is 52.9 Å². The average molecular weight is 286 g/mol. The van der Waals surface area contributed by atoms with Gasteiger partial charge in [-0.25, -0.2) is 0 Å². The minimum atomic E-state index is -2.35. The van der Waals surface area contributed by atoms with Crippen molar-refractivity contribution in [3.05, 3.63) is 29.3 Å². The molecular weight excluding hydrogens is 262 g/mol. The van der Waals surface area contributed by atoms with Crippen LogP contribution in [-0.4, -0.2) is 6.61 Å². The normalized spacial score (nSPS) is 13.4. The predicted molar refractivity (Wildman–Crippen MR) is 79.4 cm³/mol. The number of aryl methyl sites for hydroxylation is 1. The molecule has 0 aliphatic rings. The number of rotatable bonds is 6. The van der Waals surface area contributed by atoms with Gasteiger partial charge in [0.25, 0.3) is 0 Å². The van der Waals surface area contributed by atoms with E-state index in [1.165, 1.54) is 0 Å². The van der Waals surface area contributed by atoms with E-state index >= 15 is 0 Å². The molecule has 0 spiro atoms. The summed E-state index contributed by atoms with van der Waals surface area (Å²) in [6.07, 6.45) is 1.84. The second-order valence-electron chi connectivity index (χ2n) is 5.69. The van der Waals surface area contributed by atoms with Gasteiger partial charge in [-0.2, -0.15) is 0 Å². The van der Waals surface area contributed by atoms with Crippen molar-refractivity contribution in [1.82, 2.24) is 0 Å². The van der Waals surface area contributed by atoms with E-state index in [1.807, 2.05) is 32.0 Å². The van der Waals surface area contributed by atoms with Crippen LogP contribution in [0.2, 0.25) is 0 Å². The number of para-hydroxylation sites is 1. The fraction of sp³-hybridized carbons (Fsp3) is 0.600. The van der Waals surface area contributed by atoms with Crippen molar-refractivity contribution < 1.29 is 13.2 Å². The molecule has 0 fully saturated rings. The molecule has 0 radical (unpaired) electrons. The first-order valence-electron chi connectivity index (χ1n) is 6.73. The Bertz CT molecular complexity index is 402. The van der Waals surface area contributed by atoms with Gasteiger partial charge in [0.15, 0.2) is 0 Å². The van der Waals surface area contributed by atoms with Crippen LogP contribution in [0.3, 0.4) is 0 Å². The predicted octanol–water partition coefficient (Wildman–Crippen LogP) is 5.68. The van der Waals surface area contributed by atoms with Crippen molar-refractivity contribution >= 4 is 8.69 Å². The number of hydrogen-bond donors (Lipinski definition) is 0. The van der Waals surface area contributed by atoms with Crippen molar-refractivity contribution in [2.24, 2.45) is 0 Å². The SMILES string of the molecule is CCCCOP(F)Oc1c(C)cccc1C(C)(C)C. The van der Waals surface area contributed by atoms with Crippen LogP contribution >= 0.6 is 8.69 Å². The largest absolute Gasteiger partial charge is 0.439 e. The lowest BCUT2D eigenvalue weighted by Gasteiger charge is -2.24. The molecule has 1 aromatic rings. The Hall–Kier alpha value is -0.660. The Kier molecular flexibility index (Phi) is 6.22. The van der Waals surface area contributed by atoms with Crippen molar-refractivity contribution in [3.63, 3.8) is 0 Å². The minimum absolute atomic E-state index is 0.0824. The minimum Gasteiger partial charge on any atom is -0.423 e. The Morgan fingerprint density at radius 1 is 1.26 bits per heavy atom. The first-order valence-corrected chi connectivity index (χ1v) is 7.80. The van der Waals surface area contributed by atoms with E-state index < -0.39 is 8.69 Å². The molecule has 1 rings (SSSR count). The molecule has 1 aromatic carbocycles. The van der Waals surface area contributed by atoms with E-state index in [1.54, 1.807) is 0 Å². The van der Waals surface area contributed by atoms with E-state index in [9.17, 15) is 4.20 Å². The van der Waals surface area contributed by atoms with Gasteiger partial charge in [0.2, 0.25) is 0 Å². The summed E-state index contributed by atoms with van der Waals surface area (Å²) in [5.74, 6) is 0.625. The second kappa shape index (κ2) is 7.21. The van der Waals surface area contributed by atoms with Crippen LogP contribution in [0.15, 0.2) is 18.2 Å². The third-order valence-corrected chi connectivity index (χ3v) is 3.59. The standard InChI is InChI=1S/C15H24FO2P/c1-6-7-11-17-19(16)18-14-12(2)9-8-10-13(14)15(3,4)5/h8-10H,6-7,11H2,1-5H3. The van der Waals surface area contributed by atoms with Crippen LogP contribution in [0.5, 0.6) is 5.75 Å². The Labute approximate surface area is 117 Å². The van der Waals surface area contributed by atoms with Crippen molar-refractivity contribution in [1.29, 1.82) is 0 Å². The first-order chi connectivity index (χ1) is 8.86. The zero-order chi connectivity index (χ0) is 14.5. The third-order valence-electron chi connectivity index (χ3n) is 2.87. The van der Waals surface area contributed by atoms with Gasteiger partial charge in [0.05, 0.1) is 6.61 Å². The summed E-state index contributed by atoms with van der Waals surface area (Å²) in [7, 11) is -2.35. The highest BCUT2D eigenvalue weighted by atomic mass is 31.2. The van der Waals surface area contributed by atoms with Crippen LogP contribution in [-0.2, 0) is 9.94 Å². The van der Waals surface area contributed by atoms with Gasteiger partial charge in [-0.3, -0.25) is 4.52 Å². The average Bonchev–Trinajstić information content (AvgIpc) is 2.30. The maximum atomic E-state index is 13.8. The van der Waals surface area contributed by atoms with Crippen molar-refractivity contribution in [3.8, 4) is 5.75 Å². The van der Waals surface area contributed by atoms with Gasteiger partial charge in [-0.1, -0.05) is 52.3 Å². The van der Waals surface area contributed by atoms with E-state index in [2.05, 4.69) is 20.8 Å². The zero-order valence-electron chi connectivity index (χ0n) is 12.5. The van der Waals surface area contributed by atoms with E-state index in [0.717, 1.165) is 24.0 Å². The monoisotopic (exact) mass is 286 g/mol. The lowest BCUT2D eigenvalue weighted by Crippen LogP contribution is -2.13. The van der Waals surface area contributed by atoms with Gasteiger partial charge >= 0.3 is 8.69 Å². The van der Waals surface area contributed by atoms with Crippen LogP contribution in [0.1, 0.15) is 51.7 Å². The Morgan fingerprint density at radius 3 is 2.53 bits per heavy atom. The number of halogens is 1. The highest BCUT2D eigenvalue weighted by molar-refractivity contribution is 7.41. The molecule has 0 heterocycles. The van der Waals surface area contributed by atoms with Crippen LogP contribution in [0.4, 0.5) is 4.20 Å². The molecule has 0 saturated carbocycles. The van der Waals surface area contributed by atoms with Gasteiger partial charge in [-0.15, -0.1) is 4.20 Å². The molecule has 0 aliphatic carbocycles. The van der Waals surface area contributed by atoms with Gasteiger partial charge in [0, 0.05) is 5.56 Å². The highest BCUT2D eigenvalue weighted by Gasteiger charge is 2.23. The highest BCUT2D eigenvalue weighted by Crippen LogP contribution is 2.45. The molecule has 19 heavy (non-hydrogen) atoms. The fourth-order valence-electron chi connectivity index (χ4n) is 1.74. The molecule has 0 bridgehead atoms. The second-order valence-corrected chi connectivity index (χ2v) is 6.56. The van der Waals surface area contributed by atoms with Gasteiger partial charge < -0.3 is 4.52 Å². The zero-order valence-corrected chi connectivity index (χ0v) is 13.4. The summed E-state index contributed by atoms with van der Waals surface area (Å²) in [6.45, 7) is 10.7. The smallest absolute Gasteiger partial charge is 0.423 e. The summed E-state index contributed by atoms with van der Waals surface area (Å²) in [5, 5.41) is 0. The molecule has 0 amide bonds. The summed E-state index contributed by atoms with van der Waals surface area (Å²) >= 11 is 0. The van der Waals surface area contributed by atoms with E-state index in [4.69, 9.17) is 9.05 Å². The summed E-state index contributed by atoms with van der Waals surface area (Å²) in [5.41, 5.74) is 1.87. The molecule has 0 aromatic heterocycles.